The van der Waals surface area contributed by atoms with Gasteiger partial charge in [0.15, 0.2) is 0 Å². The van der Waals surface area contributed by atoms with E-state index in [1.165, 1.54) is 16.0 Å². The fourth-order valence-electron chi connectivity index (χ4n) is 3.40. The molecule has 0 aliphatic carbocycles. The van der Waals surface area contributed by atoms with Gasteiger partial charge in [-0.2, -0.15) is 5.10 Å². The van der Waals surface area contributed by atoms with Crippen LogP contribution in [0.5, 0.6) is 0 Å². The molecule has 2 amide bonds. The van der Waals surface area contributed by atoms with Gasteiger partial charge in [0.05, 0.1) is 11.8 Å². The van der Waals surface area contributed by atoms with Crippen LogP contribution in [0.3, 0.4) is 0 Å². The topological polar surface area (TPSA) is 53.0 Å². The summed E-state index contributed by atoms with van der Waals surface area (Å²) in [4.78, 5) is 26.3. The van der Waals surface area contributed by atoms with Crippen LogP contribution in [-0.2, 0) is 9.59 Å². The van der Waals surface area contributed by atoms with Gasteiger partial charge >= 0.3 is 0 Å². The summed E-state index contributed by atoms with van der Waals surface area (Å²) in [5.74, 6) is -0.223. The molecule has 2 aromatic rings. The molecule has 1 aliphatic rings. The predicted octanol–water partition coefficient (Wildman–Crippen LogP) is 3.85. The van der Waals surface area contributed by atoms with E-state index in [0.717, 1.165) is 16.8 Å². The summed E-state index contributed by atoms with van der Waals surface area (Å²) in [5.41, 5.74) is 5.42. The Morgan fingerprint density at radius 1 is 1.11 bits per heavy atom. The third-order valence-electron chi connectivity index (χ3n) is 5.29. The molecule has 0 bridgehead atoms. The van der Waals surface area contributed by atoms with E-state index in [4.69, 9.17) is 0 Å². The van der Waals surface area contributed by atoms with Gasteiger partial charge in [0, 0.05) is 19.9 Å². The maximum atomic E-state index is 13.0. The average molecular weight is 377 g/mol. The highest BCUT2D eigenvalue weighted by Crippen LogP contribution is 2.33. The Kier molecular flexibility index (Phi) is 5.93. The highest BCUT2D eigenvalue weighted by atomic mass is 16.2. The fraction of sp³-hybridized carbons (Fsp3) is 0.348. The van der Waals surface area contributed by atoms with E-state index < -0.39 is 0 Å². The molecule has 0 saturated carbocycles. The van der Waals surface area contributed by atoms with Crippen LogP contribution in [0, 0.1) is 13.8 Å². The number of rotatable bonds is 5. The second-order valence-corrected chi connectivity index (χ2v) is 7.32. The first-order chi connectivity index (χ1) is 13.4. The molecule has 5 heteroatoms. The van der Waals surface area contributed by atoms with E-state index in [-0.39, 0.29) is 24.4 Å². The van der Waals surface area contributed by atoms with Crippen molar-refractivity contribution in [3.8, 4) is 0 Å². The van der Waals surface area contributed by atoms with E-state index in [2.05, 4.69) is 37.1 Å². The van der Waals surface area contributed by atoms with Crippen molar-refractivity contribution in [1.29, 1.82) is 0 Å². The lowest BCUT2D eigenvalue weighted by molar-refractivity contribution is -0.140. The van der Waals surface area contributed by atoms with Crippen LogP contribution in [0.4, 0.5) is 0 Å². The molecule has 28 heavy (non-hydrogen) atoms. The van der Waals surface area contributed by atoms with Crippen molar-refractivity contribution in [2.24, 2.45) is 5.10 Å². The summed E-state index contributed by atoms with van der Waals surface area (Å²) >= 11 is 0. The molecule has 0 saturated heterocycles. The Morgan fingerprint density at radius 3 is 2.46 bits per heavy atom. The van der Waals surface area contributed by atoms with Crippen molar-refractivity contribution in [1.82, 2.24) is 9.91 Å². The molecule has 1 unspecified atom stereocenters. The molecular formula is C23H27N3O2. The number of amides is 2. The van der Waals surface area contributed by atoms with Crippen molar-refractivity contribution in [3.05, 3.63) is 70.8 Å². The molecule has 3 rings (SSSR count). The number of likely N-dealkylation sites (N-methyl/N-ethyl adjacent to an activating group) is 1. The molecule has 5 nitrogen and oxygen atoms in total. The molecule has 0 spiro atoms. The Balaban J connectivity index is 1.91. The van der Waals surface area contributed by atoms with Gasteiger partial charge in [-0.05, 0) is 42.2 Å². The number of benzene rings is 2. The van der Waals surface area contributed by atoms with Gasteiger partial charge < -0.3 is 4.90 Å². The molecule has 0 radical (unpaired) electrons. The highest BCUT2D eigenvalue weighted by molar-refractivity contribution is 6.03. The van der Waals surface area contributed by atoms with Gasteiger partial charge in [0.2, 0.25) is 5.91 Å². The summed E-state index contributed by atoms with van der Waals surface area (Å²) in [5, 5.41) is 6.24. The quantitative estimate of drug-likeness (QED) is 0.795. The van der Waals surface area contributed by atoms with Crippen molar-refractivity contribution < 1.29 is 9.59 Å². The van der Waals surface area contributed by atoms with Gasteiger partial charge in [-0.1, -0.05) is 49.4 Å². The van der Waals surface area contributed by atoms with Crippen LogP contribution in [0.25, 0.3) is 0 Å². The van der Waals surface area contributed by atoms with E-state index in [1.807, 2.05) is 30.3 Å². The number of carbonyl (C=O) groups is 2. The van der Waals surface area contributed by atoms with Gasteiger partial charge in [-0.25, -0.2) is 5.01 Å². The highest BCUT2D eigenvalue weighted by Gasteiger charge is 2.33. The fourth-order valence-corrected chi connectivity index (χ4v) is 3.40. The number of hydrogen-bond donors (Lipinski definition) is 0. The minimum atomic E-state index is -0.169. The number of hydrogen-bond acceptors (Lipinski definition) is 3. The maximum absolute atomic E-state index is 13.0. The smallest absolute Gasteiger partial charge is 0.262 e. The van der Waals surface area contributed by atoms with Gasteiger partial charge in [0.25, 0.3) is 5.91 Å². The Bertz CT molecular complexity index is 905. The lowest BCUT2D eigenvalue weighted by Crippen LogP contribution is -2.38. The number of nitrogens with zero attached hydrogens (tertiary/aromatic N) is 3. The van der Waals surface area contributed by atoms with Crippen molar-refractivity contribution >= 4 is 17.5 Å². The van der Waals surface area contributed by atoms with Crippen LogP contribution < -0.4 is 0 Å². The van der Waals surface area contributed by atoms with Crippen LogP contribution in [-0.4, -0.2) is 41.0 Å². The molecular weight excluding hydrogens is 350 g/mol. The van der Waals surface area contributed by atoms with Crippen molar-refractivity contribution in [2.45, 2.75) is 39.7 Å². The zero-order valence-corrected chi connectivity index (χ0v) is 17.0. The Hall–Kier alpha value is -2.95. The number of hydrazone groups is 1. The lowest BCUT2D eigenvalue weighted by atomic mass is 9.96. The minimum absolute atomic E-state index is 0.0275. The Labute approximate surface area is 166 Å². The summed E-state index contributed by atoms with van der Waals surface area (Å²) < 4.78 is 0. The molecule has 1 atom stereocenters. The van der Waals surface area contributed by atoms with E-state index in [0.29, 0.717) is 12.8 Å². The second-order valence-electron chi connectivity index (χ2n) is 7.32. The third-order valence-corrected chi connectivity index (χ3v) is 5.29. The minimum Gasteiger partial charge on any atom is -0.336 e. The van der Waals surface area contributed by atoms with E-state index in [9.17, 15) is 9.59 Å². The maximum Gasteiger partial charge on any atom is 0.262 e. The van der Waals surface area contributed by atoms with E-state index >= 15 is 0 Å². The summed E-state index contributed by atoms with van der Waals surface area (Å²) in [7, 11) is 1.66. The van der Waals surface area contributed by atoms with Crippen LogP contribution in [0.1, 0.15) is 48.1 Å². The largest absolute Gasteiger partial charge is 0.336 e. The van der Waals surface area contributed by atoms with Crippen LogP contribution >= 0.6 is 0 Å². The van der Waals surface area contributed by atoms with Crippen molar-refractivity contribution in [2.75, 3.05) is 13.6 Å². The first kappa shape index (κ1) is 19.8. The summed E-state index contributed by atoms with van der Waals surface area (Å²) in [6.45, 7) is 5.98. The van der Waals surface area contributed by atoms with E-state index in [1.54, 1.807) is 19.0 Å². The first-order valence-corrected chi connectivity index (χ1v) is 9.66. The molecule has 146 valence electrons. The molecule has 1 heterocycles. The number of carbonyl (C=O) groups excluding carboxylic acids is 2. The lowest BCUT2D eigenvalue weighted by Gasteiger charge is -2.24. The first-order valence-electron chi connectivity index (χ1n) is 9.66. The SMILES string of the molecule is CCC(=O)N(C)CC(=O)N1N=C(c2ccc(C)c(C)c2)CC1c1ccccc1. The monoisotopic (exact) mass is 377 g/mol. The normalized spacial score (nSPS) is 16.1. The van der Waals surface area contributed by atoms with Crippen LogP contribution in [0.2, 0.25) is 0 Å². The zero-order valence-electron chi connectivity index (χ0n) is 17.0. The zero-order chi connectivity index (χ0) is 20.3. The number of aryl methyl sites for hydroxylation is 2. The second kappa shape index (κ2) is 8.38. The van der Waals surface area contributed by atoms with Crippen LogP contribution in [0.15, 0.2) is 53.6 Å². The standard InChI is InChI=1S/C23H27N3O2/c1-5-22(27)25(4)15-23(28)26-21(18-9-7-6-8-10-18)14-20(24-26)19-12-11-16(2)17(3)13-19/h6-13,21H,5,14-15H2,1-4H3. The van der Waals surface area contributed by atoms with Gasteiger partial charge in [0.1, 0.15) is 6.54 Å². The van der Waals surface area contributed by atoms with Crippen molar-refractivity contribution in [3.63, 3.8) is 0 Å². The molecule has 0 fully saturated rings. The van der Waals surface area contributed by atoms with Gasteiger partial charge in [-0.15, -0.1) is 0 Å². The average Bonchev–Trinajstić information content (AvgIpc) is 3.15. The molecule has 0 aromatic heterocycles. The summed E-state index contributed by atoms with van der Waals surface area (Å²) in [6, 6.07) is 16.1. The van der Waals surface area contributed by atoms with Gasteiger partial charge in [-0.3, -0.25) is 9.59 Å². The summed E-state index contributed by atoms with van der Waals surface area (Å²) in [6.07, 6.45) is 1.03. The molecule has 0 N–H and O–H groups in total. The predicted molar refractivity (Wildman–Crippen MR) is 111 cm³/mol. The Morgan fingerprint density at radius 2 is 1.82 bits per heavy atom. The third kappa shape index (κ3) is 4.14. The molecule has 1 aliphatic heterocycles. The molecule has 2 aromatic carbocycles.